The molecule has 2 rings (SSSR count). The van der Waals surface area contributed by atoms with Crippen LogP contribution < -0.4 is 0 Å². The number of cyclic esters (lactones) is 1. The van der Waals surface area contributed by atoms with Gasteiger partial charge in [-0.25, -0.2) is 9.69 Å². The van der Waals surface area contributed by atoms with E-state index >= 15 is 0 Å². The van der Waals surface area contributed by atoms with E-state index in [2.05, 4.69) is 0 Å². The number of benzene rings is 1. The van der Waals surface area contributed by atoms with Crippen molar-refractivity contribution in [3.63, 3.8) is 0 Å². The van der Waals surface area contributed by atoms with Crippen LogP contribution in [-0.4, -0.2) is 40.8 Å². The predicted molar refractivity (Wildman–Crippen MR) is 101 cm³/mol. The zero-order valence-electron chi connectivity index (χ0n) is 16.0. The van der Waals surface area contributed by atoms with E-state index in [1.165, 1.54) is 4.90 Å². The van der Waals surface area contributed by atoms with Gasteiger partial charge in [0.2, 0.25) is 0 Å². The third-order valence-electron chi connectivity index (χ3n) is 4.66. The number of hydrogen-bond donors (Lipinski definition) is 1. The molecular formula is C21H29NO4. The smallest absolute Gasteiger partial charge is 0.417 e. The van der Waals surface area contributed by atoms with Crippen LogP contribution in [0.4, 0.5) is 4.79 Å². The third kappa shape index (κ3) is 5.18. The molecule has 1 heterocycles. The maximum Gasteiger partial charge on any atom is 0.417 e. The van der Waals surface area contributed by atoms with Crippen molar-refractivity contribution in [2.45, 2.75) is 52.7 Å². The molecule has 2 amide bonds. The van der Waals surface area contributed by atoms with Gasteiger partial charge in [-0.05, 0) is 31.2 Å². The number of ether oxygens (including phenoxy) is 1. The van der Waals surface area contributed by atoms with Crippen molar-refractivity contribution < 1.29 is 19.4 Å². The van der Waals surface area contributed by atoms with Gasteiger partial charge in [0.25, 0.3) is 5.91 Å². The van der Waals surface area contributed by atoms with Gasteiger partial charge in [0.15, 0.2) is 0 Å². The lowest BCUT2D eigenvalue weighted by atomic mass is 9.94. The number of imide groups is 1. The first-order valence-electron chi connectivity index (χ1n) is 9.20. The maximum atomic E-state index is 12.8. The Bertz CT molecular complexity index is 653. The Hall–Kier alpha value is -2.14. The molecule has 1 fully saturated rings. The van der Waals surface area contributed by atoms with Crippen molar-refractivity contribution in [2.24, 2.45) is 11.8 Å². The van der Waals surface area contributed by atoms with Gasteiger partial charge in [-0.1, -0.05) is 57.2 Å². The molecule has 1 N–H and O–H groups in total. The molecule has 1 aliphatic rings. The van der Waals surface area contributed by atoms with Crippen LogP contribution in [-0.2, 0) is 16.0 Å². The first-order chi connectivity index (χ1) is 12.3. The second-order valence-corrected chi connectivity index (χ2v) is 7.50. The van der Waals surface area contributed by atoms with E-state index in [-0.39, 0.29) is 24.5 Å². The fourth-order valence-electron chi connectivity index (χ4n) is 3.21. The molecule has 3 atom stereocenters. The normalized spacial score (nSPS) is 20.2. The van der Waals surface area contributed by atoms with Crippen LogP contribution in [0.1, 0.15) is 39.7 Å². The van der Waals surface area contributed by atoms with E-state index in [0.717, 1.165) is 5.56 Å². The van der Waals surface area contributed by atoms with E-state index in [4.69, 9.17) is 4.74 Å². The summed E-state index contributed by atoms with van der Waals surface area (Å²) < 4.78 is 5.12. The van der Waals surface area contributed by atoms with E-state index in [1.54, 1.807) is 13.0 Å². The zero-order valence-corrected chi connectivity index (χ0v) is 16.0. The molecule has 2 unspecified atom stereocenters. The second-order valence-electron chi connectivity index (χ2n) is 7.50. The van der Waals surface area contributed by atoms with E-state index in [1.807, 2.05) is 51.1 Å². The Kier molecular flexibility index (Phi) is 6.98. The molecule has 5 heteroatoms. The summed E-state index contributed by atoms with van der Waals surface area (Å²) in [6.45, 7) is 7.87. The van der Waals surface area contributed by atoms with Crippen LogP contribution in [0.5, 0.6) is 0 Å². The summed E-state index contributed by atoms with van der Waals surface area (Å²) in [5.41, 5.74) is 1.51. The number of amides is 2. The number of hydrogen-bond acceptors (Lipinski definition) is 4. The average Bonchev–Trinajstić information content (AvgIpc) is 2.94. The van der Waals surface area contributed by atoms with Gasteiger partial charge in [-0.2, -0.15) is 0 Å². The van der Waals surface area contributed by atoms with Crippen molar-refractivity contribution >= 4 is 12.0 Å². The highest BCUT2D eigenvalue weighted by Gasteiger charge is 2.38. The van der Waals surface area contributed by atoms with Crippen LogP contribution in [0.3, 0.4) is 0 Å². The standard InChI is InChI=1S/C21H29NO4/c1-14(2)10-19(23)15(3)11-16(4)20(24)22-18(13-26-21(22)25)12-17-8-6-5-7-9-17/h5-9,11,14-15,18-19,23H,10,12-13H2,1-4H3/b16-11+/t15?,18-,19?/m1/s1. The molecule has 1 aromatic carbocycles. The van der Waals surface area contributed by atoms with Gasteiger partial charge in [-0.15, -0.1) is 0 Å². The average molecular weight is 359 g/mol. The minimum Gasteiger partial charge on any atom is -0.447 e. The van der Waals surface area contributed by atoms with Crippen molar-refractivity contribution in [1.29, 1.82) is 0 Å². The van der Waals surface area contributed by atoms with Gasteiger partial charge < -0.3 is 9.84 Å². The van der Waals surface area contributed by atoms with Crippen LogP contribution >= 0.6 is 0 Å². The Labute approximate surface area is 155 Å². The summed E-state index contributed by atoms with van der Waals surface area (Å²) in [6.07, 6.45) is 1.88. The van der Waals surface area contributed by atoms with Crippen LogP contribution in [0.15, 0.2) is 42.0 Å². The Balaban J connectivity index is 2.09. The van der Waals surface area contributed by atoms with Crippen molar-refractivity contribution in [2.75, 3.05) is 6.61 Å². The second kappa shape index (κ2) is 8.99. The predicted octanol–water partition coefficient (Wildman–Crippen LogP) is 3.57. The fraction of sp³-hybridized carbons (Fsp3) is 0.524. The van der Waals surface area contributed by atoms with Gasteiger partial charge in [0, 0.05) is 11.5 Å². The number of aliphatic hydroxyl groups is 1. The van der Waals surface area contributed by atoms with Crippen LogP contribution in [0, 0.1) is 11.8 Å². The lowest BCUT2D eigenvalue weighted by molar-refractivity contribution is -0.125. The number of rotatable bonds is 7. The first kappa shape index (κ1) is 20.2. The molecule has 0 spiro atoms. The first-order valence-corrected chi connectivity index (χ1v) is 9.20. The lowest BCUT2D eigenvalue weighted by Crippen LogP contribution is -2.40. The molecule has 1 saturated heterocycles. The minimum atomic E-state index is -0.598. The number of aliphatic hydroxyl groups excluding tert-OH is 1. The Morgan fingerprint density at radius 1 is 1.31 bits per heavy atom. The fourth-order valence-corrected chi connectivity index (χ4v) is 3.21. The highest BCUT2D eigenvalue weighted by molar-refractivity contribution is 6.03. The van der Waals surface area contributed by atoms with Gasteiger partial charge in [0.1, 0.15) is 6.61 Å². The molecule has 1 aliphatic heterocycles. The molecule has 0 saturated carbocycles. The molecular weight excluding hydrogens is 330 g/mol. The lowest BCUT2D eigenvalue weighted by Gasteiger charge is -2.22. The quantitative estimate of drug-likeness (QED) is 0.756. The highest BCUT2D eigenvalue weighted by atomic mass is 16.6. The molecule has 5 nitrogen and oxygen atoms in total. The Morgan fingerprint density at radius 3 is 2.58 bits per heavy atom. The van der Waals surface area contributed by atoms with Gasteiger partial charge in [-0.3, -0.25) is 4.79 Å². The Morgan fingerprint density at radius 2 is 1.96 bits per heavy atom. The molecule has 1 aromatic rings. The molecule has 0 aliphatic carbocycles. The highest BCUT2D eigenvalue weighted by Crippen LogP contribution is 2.22. The topological polar surface area (TPSA) is 66.8 Å². The zero-order chi connectivity index (χ0) is 19.3. The molecule has 0 radical (unpaired) electrons. The SMILES string of the molecule is C/C(=C\C(C)C(O)CC(C)C)C(=O)N1C(=O)OC[C@H]1Cc1ccccc1. The van der Waals surface area contributed by atoms with Gasteiger partial charge >= 0.3 is 6.09 Å². The third-order valence-corrected chi connectivity index (χ3v) is 4.66. The van der Waals surface area contributed by atoms with Crippen LogP contribution in [0.2, 0.25) is 0 Å². The van der Waals surface area contributed by atoms with Crippen molar-refractivity contribution in [1.82, 2.24) is 4.90 Å². The van der Waals surface area contributed by atoms with Gasteiger partial charge in [0.05, 0.1) is 12.1 Å². The van der Waals surface area contributed by atoms with Crippen molar-refractivity contribution in [3.05, 3.63) is 47.5 Å². The largest absolute Gasteiger partial charge is 0.447 e. The number of carbonyl (C=O) groups excluding carboxylic acids is 2. The minimum absolute atomic E-state index is 0.160. The summed E-state index contributed by atoms with van der Waals surface area (Å²) in [5.74, 6) is -0.134. The summed E-state index contributed by atoms with van der Waals surface area (Å²) in [7, 11) is 0. The maximum absolute atomic E-state index is 12.8. The van der Waals surface area contributed by atoms with E-state index in [9.17, 15) is 14.7 Å². The monoisotopic (exact) mass is 359 g/mol. The molecule has 0 aromatic heterocycles. The summed E-state index contributed by atoms with van der Waals surface area (Å²) >= 11 is 0. The van der Waals surface area contributed by atoms with Crippen molar-refractivity contribution in [3.8, 4) is 0 Å². The molecule has 26 heavy (non-hydrogen) atoms. The van der Waals surface area contributed by atoms with E-state index in [0.29, 0.717) is 24.3 Å². The molecule has 142 valence electrons. The van der Waals surface area contributed by atoms with E-state index < -0.39 is 12.2 Å². The summed E-state index contributed by atoms with van der Waals surface area (Å²) in [4.78, 5) is 26.1. The number of nitrogens with zero attached hydrogens (tertiary/aromatic N) is 1. The summed E-state index contributed by atoms with van der Waals surface area (Å²) in [5, 5.41) is 10.2. The molecule has 0 bridgehead atoms. The van der Waals surface area contributed by atoms with Crippen LogP contribution in [0.25, 0.3) is 0 Å². The summed E-state index contributed by atoms with van der Waals surface area (Å²) in [6, 6.07) is 9.43. The number of carbonyl (C=O) groups is 2.